The highest BCUT2D eigenvalue weighted by Gasteiger charge is 2.23. The number of carbonyl (C=O) groups is 2. The zero-order valence-corrected chi connectivity index (χ0v) is 15.6. The Morgan fingerprint density at radius 3 is 2.46 bits per heavy atom. The summed E-state index contributed by atoms with van der Waals surface area (Å²) in [6, 6.07) is 6.70. The molecular weight excluding hydrogens is 337 g/mol. The van der Waals surface area contributed by atoms with Gasteiger partial charge >= 0.3 is 0 Å². The van der Waals surface area contributed by atoms with Gasteiger partial charge < -0.3 is 19.4 Å². The summed E-state index contributed by atoms with van der Waals surface area (Å²) in [6.07, 6.45) is 1.07. The molecule has 2 rings (SSSR count). The number of halogens is 1. The fraction of sp³-hybridized carbons (Fsp3) is 0.579. The largest absolute Gasteiger partial charge is 0.385 e. The van der Waals surface area contributed by atoms with Gasteiger partial charge in [-0.1, -0.05) is 12.1 Å². The lowest BCUT2D eigenvalue weighted by atomic mass is 10.2. The molecule has 0 spiro atoms. The van der Waals surface area contributed by atoms with E-state index in [2.05, 4.69) is 0 Å². The minimum Gasteiger partial charge on any atom is -0.385 e. The Labute approximate surface area is 154 Å². The molecule has 0 aliphatic carbocycles. The van der Waals surface area contributed by atoms with Crippen molar-refractivity contribution in [3.8, 4) is 0 Å². The second-order valence-corrected chi connectivity index (χ2v) is 6.42. The van der Waals surface area contributed by atoms with Crippen LogP contribution in [0.25, 0.3) is 0 Å². The summed E-state index contributed by atoms with van der Waals surface area (Å²) in [4.78, 5) is 29.6. The predicted molar refractivity (Wildman–Crippen MR) is 98.6 cm³/mol. The average molecular weight is 365 g/mol. The molecule has 0 unspecified atom stereocenters. The second-order valence-electron chi connectivity index (χ2n) is 6.42. The van der Waals surface area contributed by atoms with Crippen LogP contribution in [0.1, 0.15) is 19.8 Å². The van der Waals surface area contributed by atoms with Crippen molar-refractivity contribution in [2.45, 2.75) is 19.8 Å². The molecule has 1 aromatic carbocycles. The second kappa shape index (κ2) is 10.1. The maximum absolute atomic E-state index is 13.9. The van der Waals surface area contributed by atoms with Crippen LogP contribution in [0.5, 0.6) is 0 Å². The first kappa shape index (κ1) is 20.2. The van der Waals surface area contributed by atoms with Gasteiger partial charge in [0.2, 0.25) is 11.8 Å². The first-order valence-electron chi connectivity index (χ1n) is 9.04. The number of anilines is 1. The van der Waals surface area contributed by atoms with Crippen LogP contribution in [0.15, 0.2) is 24.3 Å². The number of rotatable bonds is 8. The highest BCUT2D eigenvalue weighted by atomic mass is 19.1. The van der Waals surface area contributed by atoms with Crippen molar-refractivity contribution in [1.29, 1.82) is 0 Å². The molecule has 6 nitrogen and oxygen atoms in total. The van der Waals surface area contributed by atoms with Crippen molar-refractivity contribution in [3.63, 3.8) is 0 Å². The molecule has 1 aliphatic rings. The van der Waals surface area contributed by atoms with Gasteiger partial charge in [-0.3, -0.25) is 9.59 Å². The Bertz CT molecular complexity index is 603. The fourth-order valence-corrected chi connectivity index (χ4v) is 3.12. The third kappa shape index (κ3) is 5.69. The van der Waals surface area contributed by atoms with Gasteiger partial charge in [0.1, 0.15) is 5.82 Å². The molecule has 2 amide bonds. The van der Waals surface area contributed by atoms with E-state index in [1.807, 2.05) is 11.0 Å². The topological polar surface area (TPSA) is 53.1 Å². The van der Waals surface area contributed by atoms with E-state index in [1.165, 1.54) is 13.0 Å². The molecular formula is C19H28FN3O3. The zero-order valence-electron chi connectivity index (χ0n) is 15.6. The number of hydrogen-bond donors (Lipinski definition) is 0. The van der Waals surface area contributed by atoms with Crippen LogP contribution < -0.4 is 4.90 Å². The molecule has 1 aliphatic heterocycles. The predicted octanol–water partition coefficient (Wildman–Crippen LogP) is 1.75. The molecule has 0 bridgehead atoms. The highest BCUT2D eigenvalue weighted by molar-refractivity contribution is 5.78. The van der Waals surface area contributed by atoms with Gasteiger partial charge in [0.05, 0.1) is 5.69 Å². The van der Waals surface area contributed by atoms with Crippen molar-refractivity contribution >= 4 is 17.5 Å². The summed E-state index contributed by atoms with van der Waals surface area (Å²) < 4.78 is 18.9. The van der Waals surface area contributed by atoms with Crippen LogP contribution in [0.4, 0.5) is 10.1 Å². The zero-order chi connectivity index (χ0) is 18.9. The molecule has 0 N–H and O–H groups in total. The van der Waals surface area contributed by atoms with Gasteiger partial charge in [-0.25, -0.2) is 4.39 Å². The van der Waals surface area contributed by atoms with Crippen LogP contribution in [0.2, 0.25) is 0 Å². The third-order valence-electron chi connectivity index (χ3n) is 4.64. The van der Waals surface area contributed by atoms with E-state index in [4.69, 9.17) is 4.74 Å². The third-order valence-corrected chi connectivity index (χ3v) is 4.64. The number of piperazine rings is 1. The molecule has 0 aromatic heterocycles. The molecule has 1 fully saturated rings. The van der Waals surface area contributed by atoms with Gasteiger partial charge in [0, 0.05) is 66.3 Å². The van der Waals surface area contributed by atoms with E-state index in [9.17, 15) is 14.0 Å². The van der Waals surface area contributed by atoms with E-state index in [-0.39, 0.29) is 17.6 Å². The maximum atomic E-state index is 13.9. The van der Waals surface area contributed by atoms with Crippen LogP contribution in [0.3, 0.4) is 0 Å². The molecule has 1 aromatic rings. The average Bonchev–Trinajstić information content (AvgIpc) is 2.64. The Morgan fingerprint density at radius 2 is 1.85 bits per heavy atom. The Kier molecular flexibility index (Phi) is 7.84. The minimum absolute atomic E-state index is 0.0294. The number of amides is 2. The summed E-state index contributed by atoms with van der Waals surface area (Å²) in [6.45, 7) is 5.48. The van der Waals surface area contributed by atoms with Crippen LogP contribution in [-0.4, -0.2) is 74.6 Å². The minimum atomic E-state index is -0.236. The van der Waals surface area contributed by atoms with Gasteiger partial charge in [-0.2, -0.15) is 0 Å². The standard InChI is InChI=1S/C19H28FN3O3/c1-16(24)21(9-5-15-26-2)10-8-19(25)23-13-11-22(12-14-23)18-7-4-3-6-17(18)20/h3-4,6-7H,5,8-15H2,1-2H3. The van der Waals surface area contributed by atoms with Crippen LogP contribution in [0, 0.1) is 5.82 Å². The van der Waals surface area contributed by atoms with E-state index < -0.39 is 0 Å². The summed E-state index contributed by atoms with van der Waals surface area (Å²) in [5.74, 6) is -0.227. The summed E-state index contributed by atoms with van der Waals surface area (Å²) >= 11 is 0. The Morgan fingerprint density at radius 1 is 1.15 bits per heavy atom. The lowest BCUT2D eigenvalue weighted by Crippen LogP contribution is -2.49. The maximum Gasteiger partial charge on any atom is 0.224 e. The van der Waals surface area contributed by atoms with Crippen molar-refractivity contribution < 1.29 is 18.7 Å². The first-order valence-corrected chi connectivity index (χ1v) is 9.04. The molecule has 0 saturated carbocycles. The lowest BCUT2D eigenvalue weighted by molar-refractivity contribution is -0.133. The number of nitrogens with zero attached hydrogens (tertiary/aromatic N) is 3. The van der Waals surface area contributed by atoms with Gasteiger partial charge in [-0.15, -0.1) is 0 Å². The Hall–Kier alpha value is -2.15. The fourth-order valence-electron chi connectivity index (χ4n) is 3.12. The monoisotopic (exact) mass is 365 g/mol. The number of carbonyl (C=O) groups excluding carboxylic acids is 2. The van der Waals surface area contributed by atoms with Gasteiger partial charge in [0.15, 0.2) is 0 Å². The van der Waals surface area contributed by atoms with E-state index in [0.717, 1.165) is 6.42 Å². The van der Waals surface area contributed by atoms with Crippen molar-refractivity contribution in [3.05, 3.63) is 30.1 Å². The summed E-state index contributed by atoms with van der Waals surface area (Å²) in [7, 11) is 1.63. The van der Waals surface area contributed by atoms with Crippen molar-refractivity contribution in [2.24, 2.45) is 0 Å². The quantitative estimate of drug-likeness (QED) is 0.659. The van der Waals surface area contributed by atoms with Gasteiger partial charge in [0.25, 0.3) is 0 Å². The highest BCUT2D eigenvalue weighted by Crippen LogP contribution is 2.20. The number of benzene rings is 1. The number of ether oxygens (including phenoxy) is 1. The number of hydrogen-bond acceptors (Lipinski definition) is 4. The molecule has 26 heavy (non-hydrogen) atoms. The van der Waals surface area contributed by atoms with Crippen LogP contribution in [-0.2, 0) is 14.3 Å². The van der Waals surface area contributed by atoms with Crippen LogP contribution >= 0.6 is 0 Å². The van der Waals surface area contributed by atoms with E-state index >= 15 is 0 Å². The lowest BCUT2D eigenvalue weighted by Gasteiger charge is -2.36. The molecule has 7 heteroatoms. The van der Waals surface area contributed by atoms with Crippen molar-refractivity contribution in [1.82, 2.24) is 9.80 Å². The normalized spacial score (nSPS) is 14.4. The van der Waals surface area contributed by atoms with Gasteiger partial charge in [-0.05, 0) is 18.6 Å². The SMILES string of the molecule is COCCCN(CCC(=O)N1CCN(c2ccccc2F)CC1)C(C)=O. The molecule has 0 atom stereocenters. The van der Waals surface area contributed by atoms with E-state index in [1.54, 1.807) is 29.0 Å². The number of methoxy groups -OCH3 is 1. The Balaban J connectivity index is 1.78. The van der Waals surface area contributed by atoms with Crippen molar-refractivity contribution in [2.75, 3.05) is 57.9 Å². The molecule has 1 heterocycles. The van der Waals surface area contributed by atoms with E-state index in [0.29, 0.717) is 58.0 Å². The molecule has 144 valence electrons. The molecule has 0 radical (unpaired) electrons. The summed E-state index contributed by atoms with van der Waals surface area (Å²) in [5.41, 5.74) is 0.584. The number of para-hydroxylation sites is 1. The molecule has 1 saturated heterocycles. The summed E-state index contributed by atoms with van der Waals surface area (Å²) in [5, 5.41) is 0. The smallest absolute Gasteiger partial charge is 0.224 e. The first-order chi connectivity index (χ1) is 12.5.